The van der Waals surface area contributed by atoms with Crippen LogP contribution in [0.15, 0.2) is 0 Å². The number of hydrogen-bond donors (Lipinski definition) is 0. The fraction of sp³-hybridized carbons (Fsp3) is 0.941. The Hall–Kier alpha value is -0.180. The van der Waals surface area contributed by atoms with Crippen LogP contribution < -0.4 is 0 Å². The molecule has 0 aliphatic carbocycles. The number of carbonyl (C=O) groups is 1. The Balaban J connectivity index is 1.98. The highest BCUT2D eigenvalue weighted by atomic mass is 32.3. The molecule has 0 saturated carbocycles. The van der Waals surface area contributed by atoms with E-state index in [0.717, 1.165) is 25.9 Å². The maximum atomic E-state index is 12.1. The molecule has 0 bridgehead atoms. The summed E-state index contributed by atoms with van der Waals surface area (Å²) in [6.07, 6.45) is 16.1. The van der Waals surface area contributed by atoms with E-state index in [1.54, 1.807) is 0 Å². The number of rotatable bonds is 9. The van der Waals surface area contributed by atoms with E-state index in [0.29, 0.717) is 5.91 Å². The zero-order valence-electron chi connectivity index (χ0n) is 14.0. The number of unbranched alkanes of at least 4 members (excludes halogenated alkanes) is 7. The third-order valence-electron chi connectivity index (χ3n) is 4.42. The van der Waals surface area contributed by atoms with Gasteiger partial charge in [0, 0.05) is 19.5 Å². The van der Waals surface area contributed by atoms with Crippen molar-refractivity contribution in [2.75, 3.05) is 37.1 Å². The third-order valence-corrected chi connectivity index (χ3v) is 7.00. The lowest BCUT2D eigenvalue weighted by Crippen LogP contribution is -2.41. The zero-order chi connectivity index (χ0) is 14.8. The molecule has 1 aliphatic heterocycles. The molecule has 3 heteroatoms. The topological polar surface area (TPSA) is 20.3 Å². The van der Waals surface area contributed by atoms with Crippen LogP contribution in [0.3, 0.4) is 0 Å². The van der Waals surface area contributed by atoms with Crippen LogP contribution in [0, 0.1) is 0 Å². The van der Waals surface area contributed by atoms with E-state index < -0.39 is 0 Å². The minimum absolute atomic E-state index is 0.383. The summed E-state index contributed by atoms with van der Waals surface area (Å²) in [5.74, 6) is 2.90. The van der Waals surface area contributed by atoms with Gasteiger partial charge in [0.15, 0.2) is 0 Å². The van der Waals surface area contributed by atoms with Gasteiger partial charge in [-0.2, -0.15) is 0 Å². The van der Waals surface area contributed by atoms with Gasteiger partial charge in [0.2, 0.25) is 5.91 Å². The molecule has 120 valence electrons. The van der Waals surface area contributed by atoms with Crippen LogP contribution in [0.25, 0.3) is 0 Å². The van der Waals surface area contributed by atoms with Crippen molar-refractivity contribution in [3.8, 4) is 0 Å². The zero-order valence-corrected chi connectivity index (χ0v) is 14.8. The molecule has 20 heavy (non-hydrogen) atoms. The third kappa shape index (κ3) is 7.56. The Kier molecular flexibility index (Phi) is 8.67. The summed E-state index contributed by atoms with van der Waals surface area (Å²) in [6, 6.07) is 0. The first-order chi connectivity index (χ1) is 9.55. The van der Waals surface area contributed by atoms with E-state index in [9.17, 15) is 4.79 Å². The second kappa shape index (κ2) is 9.70. The molecule has 1 aliphatic rings. The maximum absolute atomic E-state index is 12.1. The van der Waals surface area contributed by atoms with Crippen LogP contribution in [0.5, 0.6) is 0 Å². The highest BCUT2D eigenvalue weighted by Gasteiger charge is 2.23. The van der Waals surface area contributed by atoms with Crippen molar-refractivity contribution in [3.63, 3.8) is 0 Å². The van der Waals surface area contributed by atoms with Gasteiger partial charge < -0.3 is 4.90 Å². The predicted octanol–water partition coefficient (Wildman–Crippen LogP) is 4.42. The SMILES string of the molecule is CCCCCCCCCCC(=O)N1CCS(C)(C)CC1. The lowest BCUT2D eigenvalue weighted by atomic mass is 10.1. The van der Waals surface area contributed by atoms with Crippen LogP contribution in [-0.4, -0.2) is 47.9 Å². The van der Waals surface area contributed by atoms with Gasteiger partial charge in [-0.05, 0) is 30.4 Å². The van der Waals surface area contributed by atoms with Crippen LogP contribution in [-0.2, 0) is 4.79 Å². The minimum atomic E-state index is -0.383. The first kappa shape index (κ1) is 17.9. The van der Waals surface area contributed by atoms with Gasteiger partial charge >= 0.3 is 0 Å². The molecular formula is C17H35NOS. The number of nitrogens with zero attached hydrogens (tertiary/aromatic N) is 1. The van der Waals surface area contributed by atoms with E-state index in [-0.39, 0.29) is 10.0 Å². The van der Waals surface area contributed by atoms with Crippen molar-refractivity contribution in [2.24, 2.45) is 0 Å². The van der Waals surface area contributed by atoms with Crippen molar-refractivity contribution in [3.05, 3.63) is 0 Å². The molecule has 0 aromatic carbocycles. The first-order valence-electron chi connectivity index (χ1n) is 8.51. The smallest absolute Gasteiger partial charge is 0.222 e. The lowest BCUT2D eigenvalue weighted by molar-refractivity contribution is -0.130. The van der Waals surface area contributed by atoms with Crippen LogP contribution >= 0.6 is 10.0 Å². The molecule has 0 aromatic rings. The van der Waals surface area contributed by atoms with Crippen LogP contribution in [0.2, 0.25) is 0 Å². The molecule has 0 N–H and O–H groups in total. The van der Waals surface area contributed by atoms with Crippen LogP contribution in [0.4, 0.5) is 0 Å². The van der Waals surface area contributed by atoms with Gasteiger partial charge in [-0.25, -0.2) is 10.0 Å². The maximum Gasteiger partial charge on any atom is 0.222 e. The standard InChI is InChI=1S/C17H35NOS/c1-4-5-6-7-8-9-10-11-12-17(19)18-13-15-20(2,3)16-14-18/h4-16H2,1-3H3. The average molecular weight is 302 g/mol. The Morgan fingerprint density at radius 3 is 1.95 bits per heavy atom. The molecule has 0 spiro atoms. The fourth-order valence-corrected chi connectivity index (χ4v) is 4.38. The Morgan fingerprint density at radius 2 is 1.40 bits per heavy atom. The van der Waals surface area contributed by atoms with Gasteiger partial charge in [0.25, 0.3) is 0 Å². The van der Waals surface area contributed by atoms with E-state index >= 15 is 0 Å². The summed E-state index contributed by atoms with van der Waals surface area (Å²) >= 11 is 0. The number of amides is 1. The first-order valence-corrected chi connectivity index (χ1v) is 11.3. The minimum Gasteiger partial charge on any atom is -0.341 e. The summed E-state index contributed by atoms with van der Waals surface area (Å²) in [6.45, 7) is 4.28. The van der Waals surface area contributed by atoms with E-state index in [2.05, 4.69) is 24.3 Å². The largest absolute Gasteiger partial charge is 0.341 e. The fourth-order valence-electron chi connectivity index (χ4n) is 2.75. The Labute approximate surface area is 128 Å². The molecule has 1 amide bonds. The predicted molar refractivity (Wildman–Crippen MR) is 93.0 cm³/mol. The molecule has 1 rings (SSSR count). The van der Waals surface area contributed by atoms with Gasteiger partial charge in [0.1, 0.15) is 0 Å². The molecule has 1 saturated heterocycles. The van der Waals surface area contributed by atoms with Crippen molar-refractivity contribution in [1.29, 1.82) is 0 Å². The molecule has 0 aromatic heterocycles. The van der Waals surface area contributed by atoms with Crippen molar-refractivity contribution >= 4 is 15.9 Å². The molecule has 1 heterocycles. The number of hydrogen-bond acceptors (Lipinski definition) is 1. The summed E-state index contributed by atoms with van der Waals surface area (Å²) in [5, 5.41) is 0. The summed E-state index contributed by atoms with van der Waals surface area (Å²) in [5.41, 5.74) is 0. The monoisotopic (exact) mass is 301 g/mol. The molecule has 1 fully saturated rings. The van der Waals surface area contributed by atoms with E-state index in [4.69, 9.17) is 0 Å². The second-order valence-electron chi connectivity index (χ2n) is 6.78. The van der Waals surface area contributed by atoms with E-state index in [1.165, 1.54) is 56.5 Å². The van der Waals surface area contributed by atoms with Gasteiger partial charge in [-0.1, -0.05) is 51.9 Å². The van der Waals surface area contributed by atoms with Crippen molar-refractivity contribution < 1.29 is 4.79 Å². The Bertz CT molecular complexity index is 268. The van der Waals surface area contributed by atoms with Gasteiger partial charge in [-0.15, -0.1) is 0 Å². The molecule has 0 atom stereocenters. The average Bonchev–Trinajstić information content (AvgIpc) is 2.41. The van der Waals surface area contributed by atoms with Crippen molar-refractivity contribution in [1.82, 2.24) is 4.90 Å². The molecule has 0 radical (unpaired) electrons. The lowest BCUT2D eigenvalue weighted by Gasteiger charge is -2.41. The summed E-state index contributed by atoms with van der Waals surface area (Å²) < 4.78 is 0. The normalized spacial score (nSPS) is 19.9. The van der Waals surface area contributed by atoms with Gasteiger partial charge in [-0.3, -0.25) is 4.79 Å². The summed E-state index contributed by atoms with van der Waals surface area (Å²) in [4.78, 5) is 14.2. The highest BCUT2D eigenvalue weighted by molar-refractivity contribution is 8.32. The summed E-state index contributed by atoms with van der Waals surface area (Å²) in [7, 11) is -0.383. The Morgan fingerprint density at radius 1 is 0.900 bits per heavy atom. The highest BCUT2D eigenvalue weighted by Crippen LogP contribution is 2.41. The quantitative estimate of drug-likeness (QED) is 0.577. The van der Waals surface area contributed by atoms with Gasteiger partial charge in [0.05, 0.1) is 0 Å². The van der Waals surface area contributed by atoms with Crippen LogP contribution in [0.1, 0.15) is 64.7 Å². The molecular weight excluding hydrogens is 266 g/mol. The van der Waals surface area contributed by atoms with E-state index in [1.807, 2.05) is 0 Å². The molecule has 0 unspecified atom stereocenters. The second-order valence-corrected chi connectivity index (χ2v) is 11.1. The number of carbonyl (C=O) groups excluding carboxylic acids is 1. The molecule has 2 nitrogen and oxygen atoms in total. The van der Waals surface area contributed by atoms with Crippen molar-refractivity contribution in [2.45, 2.75) is 64.7 Å².